The molecule has 1 fully saturated rings. The number of nitrogens with one attached hydrogen (secondary N) is 4. The molecule has 30 heavy (non-hydrogen) atoms. The van der Waals surface area contributed by atoms with Crippen LogP contribution >= 0.6 is 0 Å². The van der Waals surface area contributed by atoms with Gasteiger partial charge in [-0.15, -0.1) is 0 Å². The summed E-state index contributed by atoms with van der Waals surface area (Å²) in [7, 11) is 0. The third kappa shape index (κ3) is 7.93. The molecule has 0 bridgehead atoms. The highest BCUT2D eigenvalue weighted by Gasteiger charge is 2.28. The van der Waals surface area contributed by atoms with Crippen LogP contribution in [0.4, 0.5) is 21.0 Å². The van der Waals surface area contributed by atoms with Gasteiger partial charge in [0.25, 0.3) is 0 Å². The fraction of sp³-hybridized carbons (Fsp3) is 0.591. The van der Waals surface area contributed by atoms with Gasteiger partial charge in [0, 0.05) is 37.1 Å². The van der Waals surface area contributed by atoms with E-state index >= 15 is 0 Å². The Morgan fingerprint density at radius 1 is 1.03 bits per heavy atom. The first-order chi connectivity index (χ1) is 14.2. The van der Waals surface area contributed by atoms with Gasteiger partial charge >= 0.3 is 12.1 Å². The number of likely N-dealkylation sites (tertiary alicyclic amines) is 1. The predicted molar refractivity (Wildman–Crippen MR) is 120 cm³/mol. The van der Waals surface area contributed by atoms with Gasteiger partial charge in [-0.2, -0.15) is 0 Å². The highest BCUT2D eigenvalue weighted by atomic mass is 16.2. The first-order valence-corrected chi connectivity index (χ1v) is 10.8. The van der Waals surface area contributed by atoms with Gasteiger partial charge in [-0.25, -0.2) is 9.59 Å². The molecule has 1 aliphatic heterocycles. The molecule has 1 aromatic carbocycles. The summed E-state index contributed by atoms with van der Waals surface area (Å²) in [6.07, 6.45) is 2.52. The third-order valence-corrected chi connectivity index (χ3v) is 4.91. The molecular weight excluding hydrogens is 382 g/mol. The van der Waals surface area contributed by atoms with E-state index in [1.54, 1.807) is 29.2 Å². The summed E-state index contributed by atoms with van der Waals surface area (Å²) in [5.41, 5.74) is 1.29. The average molecular weight is 418 g/mol. The molecule has 166 valence electrons. The van der Waals surface area contributed by atoms with Crippen molar-refractivity contribution in [2.75, 3.05) is 30.3 Å². The maximum atomic E-state index is 12.6. The largest absolute Gasteiger partial charge is 0.354 e. The average Bonchev–Trinajstić information content (AvgIpc) is 2.68. The SMILES string of the molecule is CC(C)CCNC(=O)Nc1ccc(NC(=O)N2CCC[C@H](C(=O)NC(C)C)C2)cc1. The molecule has 2 rings (SSSR count). The number of carbonyl (C=O) groups is 3. The standard InChI is InChI=1S/C22H35N5O3/c1-15(2)11-12-23-21(29)25-18-7-9-19(10-8-18)26-22(30)27-13-5-6-17(14-27)20(28)24-16(3)4/h7-10,15-17H,5-6,11-14H2,1-4H3,(H,24,28)(H,26,30)(H2,23,25,29)/t17-/m0/s1. The van der Waals surface area contributed by atoms with Crippen molar-refractivity contribution in [3.63, 3.8) is 0 Å². The Morgan fingerprint density at radius 3 is 2.27 bits per heavy atom. The van der Waals surface area contributed by atoms with Crippen LogP contribution in [-0.2, 0) is 4.79 Å². The number of carbonyl (C=O) groups excluding carboxylic acids is 3. The summed E-state index contributed by atoms with van der Waals surface area (Å²) in [6, 6.07) is 6.60. The number of nitrogens with zero attached hydrogens (tertiary/aromatic N) is 1. The number of anilines is 2. The fourth-order valence-corrected chi connectivity index (χ4v) is 3.27. The van der Waals surface area contributed by atoms with E-state index in [9.17, 15) is 14.4 Å². The second-order valence-corrected chi connectivity index (χ2v) is 8.52. The minimum Gasteiger partial charge on any atom is -0.354 e. The van der Waals surface area contributed by atoms with Crippen LogP contribution < -0.4 is 21.3 Å². The highest BCUT2D eigenvalue weighted by molar-refractivity contribution is 5.92. The minimum absolute atomic E-state index is 0.00426. The quantitative estimate of drug-likeness (QED) is 0.545. The van der Waals surface area contributed by atoms with Gasteiger partial charge in [0.1, 0.15) is 0 Å². The lowest BCUT2D eigenvalue weighted by Crippen LogP contribution is -2.47. The third-order valence-electron chi connectivity index (χ3n) is 4.91. The van der Waals surface area contributed by atoms with Crippen molar-refractivity contribution in [2.24, 2.45) is 11.8 Å². The number of benzene rings is 1. The van der Waals surface area contributed by atoms with Crippen LogP contribution in [0.3, 0.4) is 0 Å². The molecular formula is C22H35N5O3. The van der Waals surface area contributed by atoms with E-state index in [1.165, 1.54) is 0 Å². The van der Waals surface area contributed by atoms with E-state index in [-0.39, 0.29) is 29.9 Å². The van der Waals surface area contributed by atoms with Gasteiger partial charge in [0.05, 0.1) is 5.92 Å². The van der Waals surface area contributed by atoms with Crippen molar-refractivity contribution >= 4 is 29.3 Å². The molecule has 0 aliphatic carbocycles. The molecule has 1 heterocycles. The van der Waals surface area contributed by atoms with E-state index in [2.05, 4.69) is 35.1 Å². The Bertz CT molecular complexity index is 718. The molecule has 8 nitrogen and oxygen atoms in total. The molecule has 4 N–H and O–H groups in total. The monoisotopic (exact) mass is 417 g/mol. The smallest absolute Gasteiger partial charge is 0.321 e. The van der Waals surface area contributed by atoms with E-state index in [1.807, 2.05) is 13.8 Å². The van der Waals surface area contributed by atoms with E-state index in [0.717, 1.165) is 19.3 Å². The number of piperidine rings is 1. The Hall–Kier alpha value is -2.77. The van der Waals surface area contributed by atoms with Crippen LogP contribution in [0.2, 0.25) is 0 Å². The molecule has 5 amide bonds. The summed E-state index contributed by atoms with van der Waals surface area (Å²) >= 11 is 0. The minimum atomic E-state index is -0.244. The van der Waals surface area contributed by atoms with Gasteiger partial charge in [0.15, 0.2) is 0 Å². The summed E-state index contributed by atoms with van der Waals surface area (Å²) in [5, 5.41) is 11.4. The van der Waals surface area contributed by atoms with Gasteiger partial charge in [-0.1, -0.05) is 13.8 Å². The second kappa shape index (κ2) is 11.4. The molecule has 1 saturated heterocycles. The lowest BCUT2D eigenvalue weighted by Gasteiger charge is -2.32. The number of hydrogen-bond donors (Lipinski definition) is 4. The zero-order chi connectivity index (χ0) is 22.1. The lowest BCUT2D eigenvalue weighted by molar-refractivity contribution is -0.126. The Labute approximate surface area is 179 Å². The second-order valence-electron chi connectivity index (χ2n) is 8.52. The Morgan fingerprint density at radius 2 is 1.67 bits per heavy atom. The maximum absolute atomic E-state index is 12.6. The predicted octanol–water partition coefficient (Wildman–Crippen LogP) is 3.62. The zero-order valence-corrected chi connectivity index (χ0v) is 18.5. The number of urea groups is 2. The first-order valence-electron chi connectivity index (χ1n) is 10.8. The normalized spacial score (nSPS) is 16.3. The van der Waals surface area contributed by atoms with Crippen molar-refractivity contribution in [2.45, 2.75) is 53.0 Å². The highest BCUT2D eigenvalue weighted by Crippen LogP contribution is 2.19. The summed E-state index contributed by atoms with van der Waals surface area (Å²) in [4.78, 5) is 38.4. The van der Waals surface area contributed by atoms with Crippen LogP contribution in [0, 0.1) is 11.8 Å². The van der Waals surface area contributed by atoms with Crippen LogP contribution in [0.15, 0.2) is 24.3 Å². The Kier molecular flexibility index (Phi) is 8.95. The molecule has 1 aromatic rings. The van der Waals surface area contributed by atoms with E-state index in [4.69, 9.17) is 0 Å². The fourth-order valence-electron chi connectivity index (χ4n) is 3.27. The van der Waals surface area contributed by atoms with Gasteiger partial charge in [-0.05, 0) is 63.3 Å². The Balaban J connectivity index is 1.82. The molecule has 8 heteroatoms. The zero-order valence-electron chi connectivity index (χ0n) is 18.5. The van der Waals surface area contributed by atoms with Crippen LogP contribution in [0.5, 0.6) is 0 Å². The summed E-state index contributed by atoms with van der Waals surface area (Å²) in [6.45, 7) is 9.75. The van der Waals surface area contributed by atoms with Crippen LogP contribution in [0.25, 0.3) is 0 Å². The number of amides is 5. The van der Waals surface area contributed by atoms with Crippen molar-refractivity contribution < 1.29 is 14.4 Å². The van der Waals surface area contributed by atoms with Gasteiger partial charge < -0.3 is 26.2 Å². The molecule has 1 aliphatic rings. The molecule has 0 spiro atoms. The molecule has 0 saturated carbocycles. The molecule has 1 atom stereocenters. The van der Waals surface area contributed by atoms with Crippen LogP contribution in [0.1, 0.15) is 47.0 Å². The van der Waals surface area contributed by atoms with E-state index < -0.39 is 0 Å². The van der Waals surface area contributed by atoms with Gasteiger partial charge in [-0.3, -0.25) is 4.79 Å². The van der Waals surface area contributed by atoms with Crippen molar-refractivity contribution in [3.05, 3.63) is 24.3 Å². The topological polar surface area (TPSA) is 103 Å². The van der Waals surface area contributed by atoms with E-state index in [0.29, 0.717) is 36.9 Å². The van der Waals surface area contributed by atoms with Crippen LogP contribution in [-0.4, -0.2) is 48.5 Å². The maximum Gasteiger partial charge on any atom is 0.321 e. The van der Waals surface area contributed by atoms with Crippen molar-refractivity contribution in [1.29, 1.82) is 0 Å². The summed E-state index contributed by atoms with van der Waals surface area (Å²) < 4.78 is 0. The first kappa shape index (κ1) is 23.5. The lowest BCUT2D eigenvalue weighted by atomic mass is 9.97. The summed E-state index contributed by atoms with van der Waals surface area (Å²) in [5.74, 6) is 0.366. The molecule has 0 unspecified atom stereocenters. The van der Waals surface area contributed by atoms with Crippen molar-refractivity contribution in [1.82, 2.24) is 15.5 Å². The van der Waals surface area contributed by atoms with Gasteiger partial charge in [0.2, 0.25) is 5.91 Å². The molecule has 0 radical (unpaired) electrons. The number of hydrogen-bond acceptors (Lipinski definition) is 3. The van der Waals surface area contributed by atoms with Crippen molar-refractivity contribution in [3.8, 4) is 0 Å². The number of rotatable bonds is 7. The molecule has 0 aromatic heterocycles.